The third kappa shape index (κ3) is 6.81. The molecule has 0 spiro atoms. The number of rotatable bonds is 9. The molecule has 0 fully saturated rings. The molecule has 1 amide bonds. The van der Waals surface area contributed by atoms with Gasteiger partial charge in [0.25, 0.3) is 0 Å². The molecule has 0 aliphatic heterocycles. The number of hydrogen-bond acceptors (Lipinski definition) is 3. The molecule has 0 aromatic heterocycles. The fourth-order valence-electron chi connectivity index (χ4n) is 2.71. The largest absolute Gasteiger partial charge is 0.354 e. The van der Waals surface area contributed by atoms with Crippen molar-refractivity contribution >= 4 is 15.9 Å². The molecule has 0 saturated heterocycles. The Hall–Kier alpha value is -2.18. The van der Waals surface area contributed by atoms with Gasteiger partial charge in [-0.05, 0) is 62.4 Å². The molecule has 0 radical (unpaired) electrons. The van der Waals surface area contributed by atoms with E-state index in [0.717, 1.165) is 24.0 Å². The van der Waals surface area contributed by atoms with Gasteiger partial charge in [0.1, 0.15) is 0 Å². The van der Waals surface area contributed by atoms with Crippen LogP contribution in [-0.4, -0.2) is 26.9 Å². The SMILES string of the molecule is Cc1ccc(S(=O)(=O)NCCC(=O)NC(C)CCc2ccccc2)cc1C. The first-order valence-electron chi connectivity index (χ1n) is 9.18. The molecule has 2 N–H and O–H groups in total. The van der Waals surface area contributed by atoms with Crippen LogP contribution in [0.5, 0.6) is 0 Å². The molecule has 5 nitrogen and oxygen atoms in total. The standard InChI is InChI=1S/C21H28N2O3S/c1-16-9-12-20(15-17(16)2)27(25,26)22-14-13-21(24)23-18(3)10-11-19-7-5-4-6-8-19/h4-9,12,15,18,22H,10-11,13-14H2,1-3H3,(H,23,24). The lowest BCUT2D eigenvalue weighted by atomic mass is 10.1. The van der Waals surface area contributed by atoms with Crippen LogP contribution < -0.4 is 10.0 Å². The minimum Gasteiger partial charge on any atom is -0.354 e. The van der Waals surface area contributed by atoms with E-state index in [4.69, 9.17) is 0 Å². The molecular formula is C21H28N2O3S. The van der Waals surface area contributed by atoms with Gasteiger partial charge in [-0.2, -0.15) is 0 Å². The summed E-state index contributed by atoms with van der Waals surface area (Å²) < 4.78 is 27.1. The molecule has 0 bridgehead atoms. The Morgan fingerprint density at radius 1 is 1.04 bits per heavy atom. The number of amides is 1. The van der Waals surface area contributed by atoms with Crippen molar-refractivity contribution in [3.8, 4) is 0 Å². The first-order valence-corrected chi connectivity index (χ1v) is 10.7. The smallest absolute Gasteiger partial charge is 0.240 e. The van der Waals surface area contributed by atoms with E-state index >= 15 is 0 Å². The predicted octanol–water partition coefficient (Wildman–Crippen LogP) is 3.11. The van der Waals surface area contributed by atoms with Crippen LogP contribution in [0.2, 0.25) is 0 Å². The van der Waals surface area contributed by atoms with Gasteiger partial charge < -0.3 is 5.32 Å². The Morgan fingerprint density at radius 3 is 2.41 bits per heavy atom. The average Bonchev–Trinajstić information content (AvgIpc) is 2.63. The summed E-state index contributed by atoms with van der Waals surface area (Å²) in [4.78, 5) is 12.3. The molecular weight excluding hydrogens is 360 g/mol. The molecule has 0 aliphatic carbocycles. The van der Waals surface area contributed by atoms with E-state index in [0.29, 0.717) is 0 Å². The molecule has 146 valence electrons. The zero-order chi connectivity index (χ0) is 19.9. The van der Waals surface area contributed by atoms with Crippen LogP contribution >= 0.6 is 0 Å². The Labute approximate surface area is 162 Å². The molecule has 1 unspecified atom stereocenters. The van der Waals surface area contributed by atoms with E-state index in [-0.39, 0.29) is 29.8 Å². The normalized spacial score (nSPS) is 12.6. The van der Waals surface area contributed by atoms with Gasteiger partial charge in [0, 0.05) is 19.0 Å². The van der Waals surface area contributed by atoms with Crippen LogP contribution in [0.25, 0.3) is 0 Å². The van der Waals surface area contributed by atoms with Gasteiger partial charge >= 0.3 is 0 Å². The summed E-state index contributed by atoms with van der Waals surface area (Å²) in [6.45, 7) is 5.84. The number of carbonyl (C=O) groups excluding carboxylic acids is 1. The quantitative estimate of drug-likeness (QED) is 0.693. The maximum absolute atomic E-state index is 12.3. The fourth-order valence-corrected chi connectivity index (χ4v) is 3.83. The molecule has 0 saturated carbocycles. The van der Waals surface area contributed by atoms with Gasteiger partial charge in [0.15, 0.2) is 0 Å². The van der Waals surface area contributed by atoms with Crippen molar-refractivity contribution in [2.24, 2.45) is 0 Å². The van der Waals surface area contributed by atoms with Gasteiger partial charge in [-0.15, -0.1) is 0 Å². The molecule has 1 atom stereocenters. The van der Waals surface area contributed by atoms with Crippen LogP contribution in [-0.2, 0) is 21.2 Å². The van der Waals surface area contributed by atoms with Crippen molar-refractivity contribution in [1.29, 1.82) is 0 Å². The highest BCUT2D eigenvalue weighted by molar-refractivity contribution is 7.89. The minimum absolute atomic E-state index is 0.0362. The molecule has 6 heteroatoms. The van der Waals surface area contributed by atoms with Crippen molar-refractivity contribution in [3.63, 3.8) is 0 Å². The van der Waals surface area contributed by atoms with Gasteiger partial charge in [-0.1, -0.05) is 36.4 Å². The van der Waals surface area contributed by atoms with Gasteiger partial charge in [-0.3, -0.25) is 4.79 Å². The molecule has 2 aromatic carbocycles. The summed E-state index contributed by atoms with van der Waals surface area (Å²) in [5.41, 5.74) is 3.19. The Bertz CT molecular complexity index is 864. The van der Waals surface area contributed by atoms with Crippen LogP contribution in [0, 0.1) is 13.8 Å². The lowest BCUT2D eigenvalue weighted by Gasteiger charge is -2.14. The van der Waals surface area contributed by atoms with Crippen LogP contribution in [0.3, 0.4) is 0 Å². The Balaban J connectivity index is 1.75. The van der Waals surface area contributed by atoms with Crippen molar-refractivity contribution in [3.05, 3.63) is 65.2 Å². The zero-order valence-corrected chi connectivity index (χ0v) is 17.0. The highest BCUT2D eigenvalue weighted by atomic mass is 32.2. The van der Waals surface area contributed by atoms with Gasteiger partial charge in [0.05, 0.1) is 4.90 Å². The summed E-state index contributed by atoms with van der Waals surface area (Å²) in [6, 6.07) is 15.2. The second kappa shape index (κ2) is 9.67. The van der Waals surface area contributed by atoms with Crippen molar-refractivity contribution in [2.45, 2.75) is 51.0 Å². The number of aryl methyl sites for hydroxylation is 3. The summed E-state index contributed by atoms with van der Waals surface area (Å²) in [7, 11) is -3.60. The minimum atomic E-state index is -3.60. The highest BCUT2D eigenvalue weighted by Gasteiger charge is 2.15. The maximum atomic E-state index is 12.3. The first kappa shape index (κ1) is 21.1. The lowest BCUT2D eigenvalue weighted by Crippen LogP contribution is -2.35. The Morgan fingerprint density at radius 2 is 1.74 bits per heavy atom. The van der Waals surface area contributed by atoms with E-state index in [1.165, 1.54) is 5.56 Å². The second-order valence-corrected chi connectivity index (χ2v) is 8.65. The molecule has 2 aromatic rings. The van der Waals surface area contributed by atoms with E-state index in [2.05, 4.69) is 22.2 Å². The van der Waals surface area contributed by atoms with E-state index in [1.807, 2.05) is 39.0 Å². The number of benzene rings is 2. The van der Waals surface area contributed by atoms with Gasteiger partial charge in [0.2, 0.25) is 15.9 Å². The molecule has 0 heterocycles. The number of nitrogens with one attached hydrogen (secondary N) is 2. The third-order valence-corrected chi connectivity index (χ3v) is 6.01. The fraction of sp³-hybridized carbons (Fsp3) is 0.381. The number of sulfonamides is 1. The number of hydrogen-bond donors (Lipinski definition) is 2. The van der Waals surface area contributed by atoms with Crippen LogP contribution in [0.15, 0.2) is 53.4 Å². The monoisotopic (exact) mass is 388 g/mol. The molecule has 27 heavy (non-hydrogen) atoms. The maximum Gasteiger partial charge on any atom is 0.240 e. The first-order chi connectivity index (χ1) is 12.8. The summed E-state index contributed by atoms with van der Waals surface area (Å²) in [6.07, 6.45) is 1.84. The summed E-state index contributed by atoms with van der Waals surface area (Å²) in [5, 5.41) is 2.92. The Kier molecular flexibility index (Phi) is 7.56. The van der Waals surface area contributed by atoms with E-state index < -0.39 is 10.0 Å². The lowest BCUT2D eigenvalue weighted by molar-refractivity contribution is -0.121. The average molecular weight is 389 g/mol. The third-order valence-electron chi connectivity index (χ3n) is 4.55. The highest BCUT2D eigenvalue weighted by Crippen LogP contribution is 2.14. The van der Waals surface area contributed by atoms with Crippen LogP contribution in [0.1, 0.15) is 36.5 Å². The zero-order valence-electron chi connectivity index (χ0n) is 16.2. The van der Waals surface area contributed by atoms with E-state index in [1.54, 1.807) is 18.2 Å². The van der Waals surface area contributed by atoms with Crippen molar-refractivity contribution in [2.75, 3.05) is 6.54 Å². The van der Waals surface area contributed by atoms with Gasteiger partial charge in [-0.25, -0.2) is 13.1 Å². The summed E-state index contributed by atoms with van der Waals surface area (Å²) >= 11 is 0. The topological polar surface area (TPSA) is 75.3 Å². The second-order valence-electron chi connectivity index (χ2n) is 6.89. The molecule has 0 aliphatic rings. The summed E-state index contributed by atoms with van der Waals surface area (Å²) in [5.74, 6) is -0.154. The van der Waals surface area contributed by atoms with E-state index in [9.17, 15) is 13.2 Å². The number of carbonyl (C=O) groups is 1. The predicted molar refractivity (Wildman–Crippen MR) is 108 cm³/mol. The van der Waals surface area contributed by atoms with Crippen LogP contribution in [0.4, 0.5) is 0 Å². The molecule has 2 rings (SSSR count). The van der Waals surface area contributed by atoms with Crippen molar-refractivity contribution in [1.82, 2.24) is 10.0 Å². The van der Waals surface area contributed by atoms with Crippen molar-refractivity contribution < 1.29 is 13.2 Å².